The fourth-order valence-electron chi connectivity index (χ4n) is 4.10. The number of anilines is 3. The van der Waals surface area contributed by atoms with Crippen molar-refractivity contribution in [3.8, 4) is 33.8 Å². The van der Waals surface area contributed by atoms with Crippen LogP contribution in [-0.4, -0.2) is 24.2 Å². The number of ether oxygens (including phenoxy) is 2. The summed E-state index contributed by atoms with van der Waals surface area (Å²) in [5.41, 5.74) is 10.7. The van der Waals surface area contributed by atoms with Crippen LogP contribution in [0.1, 0.15) is 0 Å². The summed E-state index contributed by atoms with van der Waals surface area (Å²) in [5, 5.41) is 3.63. The first kappa shape index (κ1) is 32.4. The Kier molecular flexibility index (Phi) is 11.8. The van der Waals surface area contributed by atoms with E-state index >= 15 is 0 Å². The molecule has 0 atom stereocenters. The molecule has 6 aromatic rings. The Morgan fingerprint density at radius 1 is 0.600 bits per heavy atom. The van der Waals surface area contributed by atoms with Crippen molar-refractivity contribution < 1.29 is 18.3 Å². The van der Waals surface area contributed by atoms with Crippen molar-refractivity contribution >= 4 is 28.8 Å². The Morgan fingerprint density at radius 2 is 1.13 bits per heavy atom. The first-order valence-corrected chi connectivity index (χ1v) is 14.1. The quantitative estimate of drug-likeness (QED) is 0.142. The smallest absolute Gasteiger partial charge is 0.167 e. The number of nitrogens with two attached hydrogens (primary N) is 1. The predicted molar refractivity (Wildman–Crippen MR) is 178 cm³/mol. The van der Waals surface area contributed by atoms with Crippen LogP contribution >= 0.6 is 11.6 Å². The monoisotopic (exact) mass is 624 g/mol. The normalized spacial score (nSPS) is 9.98. The lowest BCUT2D eigenvalue weighted by atomic mass is 10.1. The Morgan fingerprint density at radius 3 is 1.67 bits per heavy atom. The minimum absolute atomic E-state index is 0.217. The first-order chi connectivity index (χ1) is 21.9. The number of nitrogen functional groups attached to an aromatic ring is 1. The van der Waals surface area contributed by atoms with Gasteiger partial charge in [0.1, 0.15) is 11.0 Å². The van der Waals surface area contributed by atoms with Gasteiger partial charge in [0.15, 0.2) is 23.1 Å². The molecule has 0 aliphatic rings. The maximum Gasteiger partial charge on any atom is 0.167 e. The van der Waals surface area contributed by atoms with Gasteiger partial charge in [0.25, 0.3) is 0 Å². The number of hydrogen-bond donors (Lipinski definition) is 2. The molecule has 4 aromatic carbocycles. The Labute approximate surface area is 266 Å². The standard InChI is InChI=1S/C18H15FN2O.C11H8ClN.C7H8FNO/c1-22-17-8-7-15(12-16(17)19)21-18-11-14(9-10-20-18)13-5-3-2-4-6-13;12-11-8-10(6-7-13-11)9-4-2-1-3-5-9;1-10-7-3-2-5(9)4-6(7)8/h2-12H,1H3,(H,20,21);1-8H;2-4H,9H2,1H3. The van der Waals surface area contributed by atoms with Gasteiger partial charge in [0.05, 0.1) is 14.2 Å². The zero-order valence-electron chi connectivity index (χ0n) is 24.6. The van der Waals surface area contributed by atoms with Gasteiger partial charge in [-0.1, -0.05) is 72.3 Å². The number of nitrogens with one attached hydrogen (secondary N) is 1. The molecule has 6 rings (SSSR count). The van der Waals surface area contributed by atoms with Crippen LogP contribution in [0.3, 0.4) is 0 Å². The number of pyridine rings is 2. The molecule has 2 aromatic heterocycles. The van der Waals surface area contributed by atoms with Crippen LogP contribution in [0.15, 0.2) is 134 Å². The largest absolute Gasteiger partial charge is 0.494 e. The molecule has 0 bridgehead atoms. The molecule has 0 radical (unpaired) electrons. The molecule has 9 heteroatoms. The molecule has 0 saturated carbocycles. The summed E-state index contributed by atoms with van der Waals surface area (Å²) in [4.78, 5) is 8.20. The number of aromatic nitrogens is 2. The van der Waals surface area contributed by atoms with Gasteiger partial charge in [0, 0.05) is 35.9 Å². The molecule has 3 N–H and O–H groups in total. The van der Waals surface area contributed by atoms with E-state index in [2.05, 4.69) is 20.0 Å². The van der Waals surface area contributed by atoms with Crippen molar-refractivity contribution in [2.24, 2.45) is 0 Å². The molecule has 2 heterocycles. The second kappa shape index (κ2) is 16.4. The van der Waals surface area contributed by atoms with Crippen LogP contribution < -0.4 is 20.5 Å². The highest BCUT2D eigenvalue weighted by molar-refractivity contribution is 6.29. The number of benzene rings is 4. The van der Waals surface area contributed by atoms with Crippen molar-refractivity contribution in [3.63, 3.8) is 0 Å². The van der Waals surface area contributed by atoms with Gasteiger partial charge in [-0.05, 0) is 70.8 Å². The molecule has 0 spiro atoms. The molecule has 0 fully saturated rings. The minimum Gasteiger partial charge on any atom is -0.494 e. The Balaban J connectivity index is 0.000000170. The van der Waals surface area contributed by atoms with Gasteiger partial charge in [-0.15, -0.1) is 0 Å². The Bertz CT molecular complexity index is 1810. The first-order valence-electron chi connectivity index (χ1n) is 13.7. The maximum absolute atomic E-state index is 13.7. The number of halogens is 3. The third-order valence-electron chi connectivity index (χ3n) is 6.30. The summed E-state index contributed by atoms with van der Waals surface area (Å²) >= 11 is 5.78. The summed E-state index contributed by atoms with van der Waals surface area (Å²) in [5.74, 6) is 0.255. The van der Waals surface area contributed by atoms with Gasteiger partial charge in [-0.25, -0.2) is 18.7 Å². The van der Waals surface area contributed by atoms with Crippen molar-refractivity contribution in [3.05, 3.63) is 151 Å². The van der Waals surface area contributed by atoms with Crippen molar-refractivity contribution in [1.29, 1.82) is 0 Å². The lowest BCUT2D eigenvalue weighted by Crippen LogP contribution is -1.95. The van der Waals surface area contributed by atoms with E-state index in [-0.39, 0.29) is 11.5 Å². The molecule has 6 nitrogen and oxygen atoms in total. The van der Waals surface area contributed by atoms with Crippen LogP contribution in [0.25, 0.3) is 22.3 Å². The zero-order valence-corrected chi connectivity index (χ0v) is 25.4. The molecule has 228 valence electrons. The molecule has 0 saturated heterocycles. The van der Waals surface area contributed by atoms with Crippen molar-refractivity contribution in [1.82, 2.24) is 9.97 Å². The van der Waals surface area contributed by atoms with E-state index in [4.69, 9.17) is 22.1 Å². The highest BCUT2D eigenvalue weighted by Crippen LogP contribution is 2.26. The van der Waals surface area contributed by atoms with E-state index < -0.39 is 11.6 Å². The molecular formula is C36H31ClF2N4O2. The second-order valence-electron chi connectivity index (χ2n) is 9.40. The fraction of sp³-hybridized carbons (Fsp3) is 0.0556. The average Bonchev–Trinajstić information content (AvgIpc) is 3.06. The summed E-state index contributed by atoms with van der Waals surface area (Å²) in [6.45, 7) is 0. The second-order valence-corrected chi connectivity index (χ2v) is 9.78. The van der Waals surface area contributed by atoms with Crippen molar-refractivity contribution in [2.75, 3.05) is 25.3 Å². The zero-order chi connectivity index (χ0) is 32.0. The number of hydrogen-bond acceptors (Lipinski definition) is 6. The third-order valence-corrected chi connectivity index (χ3v) is 6.51. The summed E-state index contributed by atoms with van der Waals surface area (Å²) < 4.78 is 35.9. The highest BCUT2D eigenvalue weighted by Gasteiger charge is 2.05. The van der Waals surface area contributed by atoms with Gasteiger partial charge in [-0.2, -0.15) is 0 Å². The topological polar surface area (TPSA) is 82.3 Å². The van der Waals surface area contributed by atoms with Gasteiger partial charge >= 0.3 is 0 Å². The summed E-state index contributed by atoms with van der Waals surface area (Å²) in [7, 11) is 2.85. The van der Waals surface area contributed by atoms with E-state index in [0.717, 1.165) is 22.3 Å². The van der Waals surface area contributed by atoms with Crippen LogP contribution in [0.4, 0.5) is 26.0 Å². The Hall–Kier alpha value is -5.47. The van der Waals surface area contributed by atoms with Crippen LogP contribution in [0.5, 0.6) is 11.5 Å². The molecule has 45 heavy (non-hydrogen) atoms. The molecule has 0 aliphatic heterocycles. The number of methoxy groups -OCH3 is 2. The van der Waals surface area contributed by atoms with E-state index in [1.807, 2.05) is 84.9 Å². The van der Waals surface area contributed by atoms with Crippen LogP contribution in [0, 0.1) is 11.6 Å². The number of rotatable bonds is 6. The molecule has 0 amide bonds. The average molecular weight is 625 g/mol. The number of nitrogens with zero attached hydrogens (tertiary/aromatic N) is 2. The molecule has 0 aliphatic carbocycles. The van der Waals surface area contributed by atoms with Crippen LogP contribution in [-0.2, 0) is 0 Å². The summed E-state index contributed by atoms with van der Waals surface area (Å²) in [6.07, 6.45) is 3.44. The fourth-order valence-corrected chi connectivity index (χ4v) is 4.27. The van der Waals surface area contributed by atoms with E-state index in [1.165, 1.54) is 32.4 Å². The minimum atomic E-state index is -0.428. The van der Waals surface area contributed by atoms with E-state index in [9.17, 15) is 8.78 Å². The SMILES string of the molecule is COc1ccc(N)cc1F.COc1ccc(Nc2cc(-c3ccccc3)ccn2)cc1F.Clc1cc(-c2ccccc2)ccn1. The van der Waals surface area contributed by atoms with Crippen LogP contribution in [0.2, 0.25) is 5.15 Å². The molecule has 0 unspecified atom stereocenters. The molecular weight excluding hydrogens is 594 g/mol. The maximum atomic E-state index is 13.7. The van der Waals surface area contributed by atoms with Gasteiger partial charge in [0.2, 0.25) is 0 Å². The van der Waals surface area contributed by atoms with E-state index in [0.29, 0.717) is 22.3 Å². The predicted octanol–water partition coefficient (Wildman–Crippen LogP) is 9.46. The highest BCUT2D eigenvalue weighted by atomic mass is 35.5. The lowest BCUT2D eigenvalue weighted by molar-refractivity contribution is 0.386. The third kappa shape index (κ3) is 9.77. The summed E-state index contributed by atoms with van der Waals surface area (Å²) in [6, 6.07) is 36.8. The van der Waals surface area contributed by atoms with E-state index in [1.54, 1.807) is 30.6 Å². The van der Waals surface area contributed by atoms with Gasteiger partial charge < -0.3 is 20.5 Å². The van der Waals surface area contributed by atoms with Crippen molar-refractivity contribution in [2.45, 2.75) is 0 Å². The van der Waals surface area contributed by atoms with Gasteiger partial charge in [-0.3, -0.25) is 0 Å². The lowest BCUT2D eigenvalue weighted by Gasteiger charge is -2.09.